The molecule has 1 saturated heterocycles. The highest BCUT2D eigenvalue weighted by Gasteiger charge is 2.43. The Balaban J connectivity index is 1.32. The van der Waals surface area contributed by atoms with E-state index in [-0.39, 0.29) is 11.1 Å². The molecule has 1 aromatic carbocycles. The van der Waals surface area contributed by atoms with E-state index < -0.39 is 5.82 Å². The van der Waals surface area contributed by atoms with Gasteiger partial charge in [0.1, 0.15) is 11.6 Å². The predicted molar refractivity (Wildman–Crippen MR) is 131 cm³/mol. The summed E-state index contributed by atoms with van der Waals surface area (Å²) in [6.07, 6.45) is 4.06. The number of halogens is 2. The largest absolute Gasteiger partial charge is 0.480 e. The first-order valence-corrected chi connectivity index (χ1v) is 12.2. The van der Waals surface area contributed by atoms with Gasteiger partial charge in [0.05, 0.1) is 24.0 Å². The number of aromatic nitrogens is 5. The second kappa shape index (κ2) is 9.85. The highest BCUT2D eigenvalue weighted by atomic mass is 35.5. The molecule has 2 atom stereocenters. The Kier molecular flexibility index (Phi) is 6.64. The van der Waals surface area contributed by atoms with Crippen LogP contribution in [0.3, 0.4) is 0 Å². The molecule has 2 bridgehead atoms. The number of rotatable bonds is 8. The lowest BCUT2D eigenvalue weighted by Crippen LogP contribution is -2.48. The van der Waals surface area contributed by atoms with Gasteiger partial charge >= 0.3 is 6.01 Å². The molecule has 0 spiro atoms. The number of piperidine rings is 1. The summed E-state index contributed by atoms with van der Waals surface area (Å²) >= 11 is 5.92. The number of nitrogens with zero attached hydrogens (tertiary/aromatic N) is 6. The third-order valence-electron chi connectivity index (χ3n) is 6.60. The van der Waals surface area contributed by atoms with Crippen molar-refractivity contribution in [2.24, 2.45) is 17.8 Å². The summed E-state index contributed by atoms with van der Waals surface area (Å²) in [7, 11) is 1.60. The second-order valence-electron chi connectivity index (χ2n) is 9.60. The van der Waals surface area contributed by atoms with Crippen molar-refractivity contribution in [3.8, 4) is 17.6 Å². The number of fused-ring (bicyclic) bond motifs is 2. The smallest absolute Gasteiger partial charge is 0.322 e. The highest BCUT2D eigenvalue weighted by molar-refractivity contribution is 6.30. The molecule has 35 heavy (non-hydrogen) atoms. The highest BCUT2D eigenvalue weighted by Crippen LogP contribution is 2.40. The number of benzene rings is 1. The molecule has 1 aliphatic carbocycles. The van der Waals surface area contributed by atoms with E-state index in [0.29, 0.717) is 47.9 Å². The van der Waals surface area contributed by atoms with Crippen LogP contribution in [0.2, 0.25) is 5.02 Å². The van der Waals surface area contributed by atoms with Gasteiger partial charge in [0.25, 0.3) is 0 Å². The molecule has 11 heteroatoms. The van der Waals surface area contributed by atoms with Crippen LogP contribution in [0.4, 0.5) is 16.0 Å². The zero-order chi connectivity index (χ0) is 24.5. The fourth-order valence-corrected chi connectivity index (χ4v) is 5.17. The van der Waals surface area contributed by atoms with Gasteiger partial charge < -0.3 is 19.7 Å². The minimum atomic E-state index is -0.493. The molecular formula is C24H29ClFN7O2. The Morgan fingerprint density at radius 3 is 2.66 bits per heavy atom. The summed E-state index contributed by atoms with van der Waals surface area (Å²) in [6.45, 7) is 6.67. The van der Waals surface area contributed by atoms with E-state index in [0.717, 1.165) is 31.6 Å². The Morgan fingerprint density at radius 2 is 1.97 bits per heavy atom. The molecule has 0 radical (unpaired) electrons. The van der Waals surface area contributed by atoms with Crippen molar-refractivity contribution in [3.63, 3.8) is 0 Å². The van der Waals surface area contributed by atoms with Crippen molar-refractivity contribution in [2.75, 3.05) is 30.4 Å². The minimum Gasteiger partial charge on any atom is -0.480 e. The Hall–Kier alpha value is -3.14. The summed E-state index contributed by atoms with van der Waals surface area (Å²) in [5.41, 5.74) is 1.03. The van der Waals surface area contributed by atoms with Crippen molar-refractivity contribution in [3.05, 3.63) is 41.3 Å². The lowest BCUT2D eigenvalue weighted by Gasteiger charge is -2.39. The van der Waals surface area contributed by atoms with Crippen LogP contribution < -0.4 is 19.7 Å². The average molecular weight is 502 g/mol. The van der Waals surface area contributed by atoms with Crippen LogP contribution in [0.25, 0.3) is 0 Å². The van der Waals surface area contributed by atoms with Crippen molar-refractivity contribution in [2.45, 2.75) is 39.3 Å². The molecule has 1 N–H and O–H groups in total. The summed E-state index contributed by atoms with van der Waals surface area (Å²) in [6, 6.07) is 6.80. The Bertz CT molecular complexity index is 1180. The lowest BCUT2D eigenvalue weighted by atomic mass is 9.92. The summed E-state index contributed by atoms with van der Waals surface area (Å²) < 4.78 is 26.5. The van der Waals surface area contributed by atoms with Gasteiger partial charge in [-0.2, -0.15) is 10.1 Å². The maximum Gasteiger partial charge on any atom is 0.322 e. The summed E-state index contributed by atoms with van der Waals surface area (Å²) in [5, 5.41) is 16.3. The van der Waals surface area contributed by atoms with Gasteiger partial charge in [-0.1, -0.05) is 25.4 Å². The Morgan fingerprint density at radius 1 is 1.20 bits per heavy atom. The molecule has 3 aromatic rings. The fraction of sp³-hybridized carbons (Fsp3) is 0.500. The van der Waals surface area contributed by atoms with Gasteiger partial charge in [-0.3, -0.25) is 0 Å². The van der Waals surface area contributed by atoms with Crippen LogP contribution in [0.15, 0.2) is 30.5 Å². The standard InChI is InChI=1S/C24H29ClFN7O2/c1-14(2)11-33-24(35-18-6-7-20(26)19(25)9-18)29-23(31-33)28-22-15-4-5-16(22)13-32(12-15)17-8-21(34-3)30-27-10-17/h6-10,14-16,22H,4-5,11-13H2,1-3H3,(H,28,31). The van der Waals surface area contributed by atoms with E-state index in [1.54, 1.807) is 18.0 Å². The number of anilines is 2. The van der Waals surface area contributed by atoms with E-state index in [9.17, 15) is 4.39 Å². The van der Waals surface area contributed by atoms with Gasteiger partial charge in [-0.25, -0.2) is 9.07 Å². The monoisotopic (exact) mass is 501 g/mol. The number of hydrogen-bond acceptors (Lipinski definition) is 8. The Labute approximate surface area is 208 Å². The SMILES string of the molecule is COc1cc(N2CC3CCC(C2)C3Nc2nc(Oc3ccc(F)c(Cl)c3)n(CC(C)C)n2)cnn1. The zero-order valence-corrected chi connectivity index (χ0v) is 20.7. The molecule has 2 unspecified atom stereocenters. The van der Waals surface area contributed by atoms with Crippen LogP contribution in [-0.4, -0.2) is 51.2 Å². The van der Waals surface area contributed by atoms with Gasteiger partial charge in [0, 0.05) is 37.8 Å². The first-order chi connectivity index (χ1) is 16.9. The molecule has 1 saturated carbocycles. The molecule has 1 aliphatic heterocycles. The quantitative estimate of drug-likeness (QED) is 0.477. The molecule has 5 rings (SSSR count). The zero-order valence-electron chi connectivity index (χ0n) is 20.0. The van der Waals surface area contributed by atoms with E-state index >= 15 is 0 Å². The van der Waals surface area contributed by atoms with Crippen molar-refractivity contribution in [1.82, 2.24) is 25.0 Å². The maximum absolute atomic E-state index is 13.6. The molecule has 2 aliphatic rings. The molecule has 0 amide bonds. The third-order valence-corrected chi connectivity index (χ3v) is 6.89. The van der Waals surface area contributed by atoms with Crippen molar-refractivity contribution in [1.29, 1.82) is 0 Å². The molecule has 2 fully saturated rings. The number of nitrogens with one attached hydrogen (secondary N) is 1. The van der Waals surface area contributed by atoms with Crippen LogP contribution >= 0.6 is 11.6 Å². The lowest BCUT2D eigenvalue weighted by molar-refractivity contribution is 0.370. The number of ether oxygens (including phenoxy) is 2. The number of hydrogen-bond donors (Lipinski definition) is 1. The van der Waals surface area contributed by atoms with Gasteiger partial charge in [-0.15, -0.1) is 10.2 Å². The van der Waals surface area contributed by atoms with Crippen LogP contribution in [0.1, 0.15) is 26.7 Å². The predicted octanol–water partition coefficient (Wildman–Crippen LogP) is 4.64. The topological polar surface area (TPSA) is 90.2 Å². The van der Waals surface area contributed by atoms with Gasteiger partial charge in [-0.05, 0) is 42.7 Å². The summed E-state index contributed by atoms with van der Waals surface area (Å²) in [4.78, 5) is 6.99. The maximum atomic E-state index is 13.6. The van der Waals surface area contributed by atoms with Gasteiger partial charge in [0.2, 0.25) is 11.8 Å². The summed E-state index contributed by atoms with van der Waals surface area (Å²) in [5.74, 6) is 2.22. The average Bonchev–Trinajstić information content (AvgIpc) is 3.29. The first-order valence-electron chi connectivity index (χ1n) is 11.9. The van der Waals surface area contributed by atoms with E-state index in [4.69, 9.17) is 26.2 Å². The molecule has 3 heterocycles. The minimum absolute atomic E-state index is 0.00104. The van der Waals surface area contributed by atoms with Crippen LogP contribution in [0, 0.1) is 23.6 Å². The van der Waals surface area contributed by atoms with Crippen LogP contribution in [0.5, 0.6) is 17.6 Å². The molecular weight excluding hydrogens is 473 g/mol. The van der Waals surface area contributed by atoms with E-state index in [1.165, 1.54) is 18.2 Å². The third kappa shape index (κ3) is 5.12. The normalized spacial score (nSPS) is 21.4. The first kappa shape index (κ1) is 23.6. The van der Waals surface area contributed by atoms with Crippen LogP contribution in [-0.2, 0) is 6.54 Å². The van der Waals surface area contributed by atoms with E-state index in [2.05, 4.69) is 39.2 Å². The fourth-order valence-electron chi connectivity index (χ4n) is 5.00. The van der Waals surface area contributed by atoms with Gasteiger partial charge in [0.15, 0.2) is 0 Å². The molecule has 186 valence electrons. The van der Waals surface area contributed by atoms with Crippen molar-refractivity contribution < 1.29 is 13.9 Å². The second-order valence-corrected chi connectivity index (χ2v) is 10.0. The molecule has 2 aromatic heterocycles. The van der Waals surface area contributed by atoms with Crippen molar-refractivity contribution >= 4 is 23.2 Å². The number of methoxy groups -OCH3 is 1. The molecule has 9 nitrogen and oxygen atoms in total. The van der Waals surface area contributed by atoms with E-state index in [1.807, 2.05) is 6.07 Å².